The molecule has 5 heteroatoms. The molecular weight excluding hydrogens is 300 g/mol. The smallest absolute Gasteiger partial charge is 0.276 e. The molecule has 0 fully saturated rings. The molecule has 0 bridgehead atoms. The molecule has 0 atom stereocenters. The van der Waals surface area contributed by atoms with E-state index in [4.69, 9.17) is 0 Å². The van der Waals surface area contributed by atoms with Crippen molar-refractivity contribution in [2.24, 2.45) is 0 Å². The fourth-order valence-corrected chi connectivity index (χ4v) is 3.83. The van der Waals surface area contributed by atoms with Gasteiger partial charge in [0.25, 0.3) is 5.91 Å². The fourth-order valence-electron chi connectivity index (χ4n) is 3.83. The maximum atomic E-state index is 12.6. The molecule has 1 amide bonds. The quantitative estimate of drug-likeness (QED) is 0.771. The number of carbonyl (C=O) groups excluding carboxylic acids is 1. The van der Waals surface area contributed by atoms with Crippen LogP contribution < -0.4 is 5.32 Å². The summed E-state index contributed by atoms with van der Waals surface area (Å²) in [6, 6.07) is 6.12. The number of aromatic nitrogens is 3. The lowest BCUT2D eigenvalue weighted by Crippen LogP contribution is -2.14. The Morgan fingerprint density at radius 3 is 2.96 bits per heavy atom. The van der Waals surface area contributed by atoms with Crippen LogP contribution in [0.5, 0.6) is 0 Å². The van der Waals surface area contributed by atoms with Gasteiger partial charge >= 0.3 is 0 Å². The van der Waals surface area contributed by atoms with Crippen molar-refractivity contribution in [3.8, 4) is 0 Å². The van der Waals surface area contributed by atoms with Crippen LogP contribution >= 0.6 is 0 Å². The summed E-state index contributed by atoms with van der Waals surface area (Å²) in [7, 11) is 0. The molecule has 2 N–H and O–H groups in total. The minimum Gasteiger partial charge on any atom is -0.345 e. The molecule has 1 aromatic carbocycles. The molecule has 1 aliphatic carbocycles. The normalized spacial score (nSPS) is 13.5. The topological polar surface area (TPSA) is 62.7 Å². The number of benzene rings is 1. The number of H-pyrrole nitrogens is 1. The number of hydrogen-bond acceptors (Lipinski definition) is 2. The van der Waals surface area contributed by atoms with Crippen LogP contribution in [0.1, 0.15) is 46.3 Å². The van der Waals surface area contributed by atoms with E-state index in [1.165, 1.54) is 22.2 Å². The number of aryl methyl sites for hydroxylation is 3. The van der Waals surface area contributed by atoms with Crippen LogP contribution in [0.3, 0.4) is 0 Å². The van der Waals surface area contributed by atoms with Gasteiger partial charge in [-0.2, -0.15) is 5.10 Å². The third-order valence-electron chi connectivity index (χ3n) is 5.23. The van der Waals surface area contributed by atoms with E-state index >= 15 is 0 Å². The first-order valence-corrected chi connectivity index (χ1v) is 8.57. The average Bonchev–Trinajstić information content (AvgIpc) is 3.23. The van der Waals surface area contributed by atoms with Crippen LogP contribution in [0, 0.1) is 13.8 Å². The predicted molar refractivity (Wildman–Crippen MR) is 95.7 cm³/mol. The van der Waals surface area contributed by atoms with E-state index in [0.29, 0.717) is 5.69 Å². The van der Waals surface area contributed by atoms with E-state index in [1.54, 1.807) is 0 Å². The van der Waals surface area contributed by atoms with Gasteiger partial charge in [-0.3, -0.25) is 9.89 Å². The molecule has 2 aromatic heterocycles. The highest BCUT2D eigenvalue weighted by atomic mass is 16.1. The number of amides is 1. The highest BCUT2D eigenvalue weighted by molar-refractivity contribution is 6.05. The highest BCUT2D eigenvalue weighted by Gasteiger charge is 2.23. The molecular formula is C19H22N4O. The zero-order valence-electron chi connectivity index (χ0n) is 14.4. The third-order valence-corrected chi connectivity index (χ3v) is 5.23. The van der Waals surface area contributed by atoms with Gasteiger partial charge in [0.2, 0.25) is 0 Å². The van der Waals surface area contributed by atoms with Crippen molar-refractivity contribution in [3.63, 3.8) is 0 Å². The summed E-state index contributed by atoms with van der Waals surface area (Å²) in [5.74, 6) is -0.127. The maximum Gasteiger partial charge on any atom is 0.276 e. The van der Waals surface area contributed by atoms with Gasteiger partial charge in [-0.25, -0.2) is 0 Å². The van der Waals surface area contributed by atoms with Gasteiger partial charge in [0.1, 0.15) is 0 Å². The molecule has 0 saturated heterocycles. The molecule has 2 heterocycles. The summed E-state index contributed by atoms with van der Waals surface area (Å²) in [4.78, 5) is 12.6. The van der Waals surface area contributed by atoms with Crippen molar-refractivity contribution < 1.29 is 4.79 Å². The number of aromatic amines is 1. The Labute approximate surface area is 141 Å². The molecule has 4 rings (SSSR count). The average molecular weight is 322 g/mol. The second-order valence-corrected chi connectivity index (χ2v) is 6.52. The van der Waals surface area contributed by atoms with Crippen molar-refractivity contribution in [1.82, 2.24) is 14.8 Å². The molecule has 5 nitrogen and oxygen atoms in total. The van der Waals surface area contributed by atoms with Gasteiger partial charge in [-0.15, -0.1) is 0 Å². The highest BCUT2D eigenvalue weighted by Crippen LogP contribution is 2.28. The number of rotatable bonds is 3. The largest absolute Gasteiger partial charge is 0.345 e. The molecule has 0 unspecified atom stereocenters. The Morgan fingerprint density at radius 1 is 1.33 bits per heavy atom. The fraction of sp³-hybridized carbons (Fsp3) is 0.368. The Morgan fingerprint density at radius 2 is 2.17 bits per heavy atom. The van der Waals surface area contributed by atoms with E-state index < -0.39 is 0 Å². The molecule has 3 aromatic rings. The summed E-state index contributed by atoms with van der Waals surface area (Å²) >= 11 is 0. The summed E-state index contributed by atoms with van der Waals surface area (Å²) in [6.07, 6.45) is 3.02. The van der Waals surface area contributed by atoms with E-state index in [9.17, 15) is 4.79 Å². The van der Waals surface area contributed by atoms with Gasteiger partial charge in [-0.1, -0.05) is 0 Å². The van der Waals surface area contributed by atoms with Crippen molar-refractivity contribution in [2.45, 2.75) is 46.6 Å². The summed E-state index contributed by atoms with van der Waals surface area (Å²) < 4.78 is 2.30. The maximum absolute atomic E-state index is 12.6. The van der Waals surface area contributed by atoms with Crippen LogP contribution in [0.4, 0.5) is 5.69 Å². The standard InChI is InChI=1S/C19H22N4O/c1-4-23-12(3)11(2)15-10-13(8-9-17(15)23)20-19(24)18-14-6-5-7-16(14)21-22-18/h8-10H,4-7H2,1-3H3,(H,20,24)(H,21,22). The van der Waals surface area contributed by atoms with Crippen molar-refractivity contribution in [3.05, 3.63) is 46.4 Å². The first-order valence-electron chi connectivity index (χ1n) is 8.57. The minimum absolute atomic E-state index is 0.127. The van der Waals surface area contributed by atoms with Gasteiger partial charge in [0.05, 0.1) is 0 Å². The zero-order chi connectivity index (χ0) is 16.8. The Hall–Kier alpha value is -2.56. The number of nitrogens with one attached hydrogen (secondary N) is 2. The monoisotopic (exact) mass is 322 g/mol. The molecule has 0 spiro atoms. The Balaban J connectivity index is 1.67. The Kier molecular flexibility index (Phi) is 3.44. The van der Waals surface area contributed by atoms with E-state index in [2.05, 4.69) is 53.0 Å². The number of nitrogens with zero attached hydrogens (tertiary/aromatic N) is 2. The first-order chi connectivity index (χ1) is 11.6. The third kappa shape index (κ3) is 2.15. The van der Waals surface area contributed by atoms with Crippen LogP contribution in [-0.4, -0.2) is 20.7 Å². The number of carbonyl (C=O) groups is 1. The van der Waals surface area contributed by atoms with Crippen LogP contribution in [0.25, 0.3) is 10.9 Å². The van der Waals surface area contributed by atoms with Gasteiger partial charge in [0.15, 0.2) is 5.69 Å². The second-order valence-electron chi connectivity index (χ2n) is 6.52. The van der Waals surface area contributed by atoms with Gasteiger partial charge < -0.3 is 9.88 Å². The lowest BCUT2D eigenvalue weighted by molar-refractivity contribution is 0.102. The van der Waals surface area contributed by atoms with Gasteiger partial charge in [-0.05, 0) is 63.8 Å². The van der Waals surface area contributed by atoms with Crippen LogP contribution in [0.15, 0.2) is 18.2 Å². The number of anilines is 1. The zero-order valence-corrected chi connectivity index (χ0v) is 14.4. The molecule has 0 radical (unpaired) electrons. The van der Waals surface area contributed by atoms with E-state index in [1.807, 2.05) is 6.07 Å². The lowest BCUT2D eigenvalue weighted by Gasteiger charge is -2.06. The van der Waals surface area contributed by atoms with Crippen molar-refractivity contribution in [1.29, 1.82) is 0 Å². The predicted octanol–water partition coefficient (Wildman–Crippen LogP) is 3.74. The first kappa shape index (κ1) is 15.0. The van der Waals surface area contributed by atoms with Crippen LogP contribution in [0.2, 0.25) is 0 Å². The van der Waals surface area contributed by atoms with Crippen LogP contribution in [-0.2, 0) is 19.4 Å². The second kappa shape index (κ2) is 5.51. The van der Waals surface area contributed by atoms with Gasteiger partial charge in [0, 0.05) is 40.1 Å². The van der Waals surface area contributed by atoms with E-state index in [-0.39, 0.29) is 5.91 Å². The SMILES string of the molecule is CCn1c(C)c(C)c2cc(NC(=O)c3n[nH]c4c3CCC4)ccc21. The number of hydrogen-bond donors (Lipinski definition) is 2. The molecule has 24 heavy (non-hydrogen) atoms. The van der Waals surface area contributed by atoms with Crippen molar-refractivity contribution in [2.75, 3.05) is 5.32 Å². The Bertz CT molecular complexity index is 948. The van der Waals surface area contributed by atoms with E-state index in [0.717, 1.165) is 42.8 Å². The van der Waals surface area contributed by atoms with Crippen molar-refractivity contribution >= 4 is 22.5 Å². The molecule has 0 saturated carbocycles. The minimum atomic E-state index is -0.127. The lowest BCUT2D eigenvalue weighted by atomic mass is 10.1. The molecule has 1 aliphatic rings. The molecule has 0 aliphatic heterocycles. The summed E-state index contributed by atoms with van der Waals surface area (Å²) in [6.45, 7) is 7.38. The summed E-state index contributed by atoms with van der Waals surface area (Å²) in [5.41, 5.74) is 7.32. The molecule has 124 valence electrons. The number of fused-ring (bicyclic) bond motifs is 2. The summed E-state index contributed by atoms with van der Waals surface area (Å²) in [5, 5.41) is 11.4.